The second-order valence-corrected chi connectivity index (χ2v) is 7.13. The molecule has 4 rings (SSSR count). The van der Waals surface area contributed by atoms with Crippen LogP contribution >= 0.6 is 0 Å². The monoisotopic (exact) mass is 458 g/mol. The third kappa shape index (κ3) is 4.29. The number of hydrogen-bond acceptors (Lipinski definition) is 5. The molecule has 0 radical (unpaired) electrons. The number of carbonyl (C=O) groups is 1. The van der Waals surface area contributed by atoms with E-state index >= 15 is 0 Å². The van der Waals surface area contributed by atoms with Gasteiger partial charge in [0.15, 0.2) is 17.4 Å². The van der Waals surface area contributed by atoms with E-state index in [0.717, 1.165) is 24.4 Å². The van der Waals surface area contributed by atoms with E-state index in [1.165, 1.54) is 0 Å². The van der Waals surface area contributed by atoms with E-state index in [2.05, 4.69) is 20.6 Å². The van der Waals surface area contributed by atoms with Crippen LogP contribution in [0.5, 0.6) is 11.5 Å². The molecule has 1 aliphatic rings. The SMILES string of the molecule is O=C(NCC1(O)COC1)Nc1cc(F)c(Oc2ccnc3[nH]cc(C(F)(F)F)c23)c(F)c1. The van der Waals surface area contributed by atoms with Crippen LogP contribution in [0.3, 0.4) is 0 Å². The molecule has 0 atom stereocenters. The summed E-state index contributed by atoms with van der Waals surface area (Å²) in [5.74, 6) is -3.95. The number of amides is 2. The molecule has 3 aromatic rings. The molecule has 13 heteroatoms. The van der Waals surface area contributed by atoms with Crippen molar-refractivity contribution in [2.45, 2.75) is 11.8 Å². The van der Waals surface area contributed by atoms with Gasteiger partial charge in [0.2, 0.25) is 0 Å². The van der Waals surface area contributed by atoms with Gasteiger partial charge in [0.25, 0.3) is 0 Å². The van der Waals surface area contributed by atoms with Gasteiger partial charge in [-0.1, -0.05) is 0 Å². The molecule has 0 spiro atoms. The van der Waals surface area contributed by atoms with E-state index in [1.54, 1.807) is 0 Å². The first-order chi connectivity index (χ1) is 15.1. The number of aliphatic hydroxyl groups is 1. The molecule has 170 valence electrons. The molecule has 1 aliphatic heterocycles. The lowest BCUT2D eigenvalue weighted by molar-refractivity contribution is -0.173. The maximum atomic E-state index is 14.5. The minimum Gasteiger partial charge on any atom is -0.450 e. The number of alkyl halides is 3. The van der Waals surface area contributed by atoms with E-state index in [-0.39, 0.29) is 31.1 Å². The minimum absolute atomic E-state index is 0.0437. The molecule has 0 bridgehead atoms. The molecule has 1 aromatic carbocycles. The van der Waals surface area contributed by atoms with Crippen molar-refractivity contribution < 1.29 is 41.3 Å². The summed E-state index contributed by atoms with van der Waals surface area (Å²) in [6.45, 7) is -0.0503. The zero-order chi connectivity index (χ0) is 23.1. The maximum absolute atomic E-state index is 14.5. The van der Waals surface area contributed by atoms with Crippen molar-refractivity contribution in [2.75, 3.05) is 25.1 Å². The number of hydrogen-bond donors (Lipinski definition) is 4. The van der Waals surface area contributed by atoms with Crippen LogP contribution in [0.1, 0.15) is 5.56 Å². The summed E-state index contributed by atoms with van der Waals surface area (Å²) in [7, 11) is 0. The Bertz CT molecular complexity index is 1150. The number of aromatic amines is 1. The molecule has 32 heavy (non-hydrogen) atoms. The number of urea groups is 1. The molecule has 0 saturated carbocycles. The normalized spacial score (nSPS) is 15.3. The summed E-state index contributed by atoms with van der Waals surface area (Å²) < 4.78 is 78.7. The lowest BCUT2D eigenvalue weighted by Crippen LogP contribution is -2.57. The second kappa shape index (κ2) is 7.91. The van der Waals surface area contributed by atoms with Gasteiger partial charge in [0.1, 0.15) is 17.0 Å². The summed E-state index contributed by atoms with van der Waals surface area (Å²) in [4.78, 5) is 18.0. The van der Waals surface area contributed by atoms with E-state index in [9.17, 15) is 31.9 Å². The number of rotatable bonds is 5. The van der Waals surface area contributed by atoms with Crippen molar-refractivity contribution in [3.63, 3.8) is 0 Å². The van der Waals surface area contributed by atoms with Crippen molar-refractivity contribution in [3.8, 4) is 11.5 Å². The highest BCUT2D eigenvalue weighted by Gasteiger charge is 2.37. The number of ether oxygens (including phenoxy) is 2. The molecule has 0 aliphatic carbocycles. The van der Waals surface area contributed by atoms with Crippen LogP contribution in [-0.4, -0.2) is 46.5 Å². The first-order valence-electron chi connectivity index (χ1n) is 9.11. The topological polar surface area (TPSA) is 108 Å². The standard InChI is InChI=1S/C19H15F5N4O4/c20-11-3-9(28-17(29)27-6-18(30)7-31-8-18)4-12(21)15(11)32-13-1-2-25-16-14(13)10(5-26-16)19(22,23)24/h1-5,30H,6-8H2,(H,25,26)(H2,27,28,29). The molecule has 1 fully saturated rings. The molecule has 4 N–H and O–H groups in total. The van der Waals surface area contributed by atoms with Gasteiger partial charge in [0.05, 0.1) is 30.7 Å². The molecule has 2 amide bonds. The predicted octanol–water partition coefficient (Wildman–Crippen LogP) is 3.54. The molecule has 1 saturated heterocycles. The number of halogens is 5. The van der Waals surface area contributed by atoms with Gasteiger partial charge in [-0.3, -0.25) is 0 Å². The van der Waals surface area contributed by atoms with Crippen molar-refractivity contribution in [1.82, 2.24) is 15.3 Å². The minimum atomic E-state index is -4.75. The Morgan fingerprint density at radius 3 is 2.56 bits per heavy atom. The zero-order valence-corrected chi connectivity index (χ0v) is 16.0. The number of H-pyrrole nitrogens is 1. The van der Waals surface area contributed by atoms with Gasteiger partial charge in [-0.05, 0) is 6.07 Å². The molecular formula is C19H15F5N4O4. The van der Waals surface area contributed by atoms with Crippen molar-refractivity contribution in [1.29, 1.82) is 0 Å². The van der Waals surface area contributed by atoms with Gasteiger partial charge in [-0.2, -0.15) is 13.2 Å². The smallest absolute Gasteiger partial charge is 0.418 e. The maximum Gasteiger partial charge on any atom is 0.418 e. The van der Waals surface area contributed by atoms with E-state index < -0.39 is 51.9 Å². The highest BCUT2D eigenvalue weighted by Crippen LogP contribution is 2.40. The van der Waals surface area contributed by atoms with Gasteiger partial charge in [-0.25, -0.2) is 18.6 Å². The highest BCUT2D eigenvalue weighted by molar-refractivity contribution is 5.89. The fourth-order valence-electron chi connectivity index (χ4n) is 3.03. The number of benzene rings is 1. The summed E-state index contributed by atoms with van der Waals surface area (Å²) in [6, 6.07) is 1.67. The number of carbonyl (C=O) groups excluding carboxylic acids is 1. The van der Waals surface area contributed by atoms with Crippen molar-refractivity contribution in [2.24, 2.45) is 0 Å². The number of fused-ring (bicyclic) bond motifs is 1. The van der Waals surface area contributed by atoms with Gasteiger partial charge < -0.3 is 30.2 Å². The Balaban J connectivity index is 1.54. The van der Waals surface area contributed by atoms with Gasteiger partial charge in [0, 0.05) is 30.2 Å². The van der Waals surface area contributed by atoms with E-state index in [1.807, 2.05) is 0 Å². The first kappa shape index (κ1) is 21.8. The lowest BCUT2D eigenvalue weighted by Gasteiger charge is -2.36. The summed E-state index contributed by atoms with van der Waals surface area (Å²) >= 11 is 0. The van der Waals surface area contributed by atoms with Crippen molar-refractivity contribution in [3.05, 3.63) is 47.8 Å². The van der Waals surface area contributed by atoms with Crippen LogP contribution < -0.4 is 15.4 Å². The van der Waals surface area contributed by atoms with Crippen LogP contribution in [0.2, 0.25) is 0 Å². The third-order valence-corrected chi connectivity index (χ3v) is 4.63. The Labute approximate surface area is 176 Å². The Kier molecular flexibility index (Phi) is 5.38. The molecule has 2 aromatic heterocycles. The van der Waals surface area contributed by atoms with Crippen LogP contribution in [-0.2, 0) is 10.9 Å². The second-order valence-electron chi connectivity index (χ2n) is 7.13. The Hall–Kier alpha value is -3.45. The van der Waals surface area contributed by atoms with Crippen LogP contribution in [0.4, 0.5) is 32.4 Å². The quantitative estimate of drug-likeness (QED) is 0.438. The Morgan fingerprint density at radius 1 is 1.28 bits per heavy atom. The summed E-state index contributed by atoms with van der Waals surface area (Å²) in [5.41, 5.74) is -2.76. The summed E-state index contributed by atoms with van der Waals surface area (Å²) in [5, 5.41) is 13.9. The van der Waals surface area contributed by atoms with E-state index in [0.29, 0.717) is 6.20 Å². The van der Waals surface area contributed by atoms with E-state index in [4.69, 9.17) is 9.47 Å². The number of aromatic nitrogens is 2. The third-order valence-electron chi connectivity index (χ3n) is 4.63. The predicted molar refractivity (Wildman–Crippen MR) is 100 cm³/mol. The first-order valence-corrected chi connectivity index (χ1v) is 9.11. The van der Waals surface area contributed by atoms with Gasteiger partial charge in [-0.15, -0.1) is 0 Å². The Morgan fingerprint density at radius 2 is 1.97 bits per heavy atom. The fraction of sp³-hybridized carbons (Fsp3) is 0.263. The zero-order valence-electron chi connectivity index (χ0n) is 16.0. The van der Waals surface area contributed by atoms with Crippen LogP contribution in [0.25, 0.3) is 11.0 Å². The van der Waals surface area contributed by atoms with Crippen LogP contribution in [0.15, 0.2) is 30.6 Å². The van der Waals surface area contributed by atoms with Gasteiger partial charge >= 0.3 is 12.2 Å². The average molecular weight is 458 g/mol. The number of nitrogens with one attached hydrogen (secondary N) is 3. The molecular weight excluding hydrogens is 443 g/mol. The average Bonchev–Trinajstić information content (AvgIpc) is 3.13. The summed E-state index contributed by atoms with van der Waals surface area (Å²) in [6.07, 6.45) is -2.96. The fourth-order valence-corrected chi connectivity index (χ4v) is 3.03. The van der Waals surface area contributed by atoms with Crippen molar-refractivity contribution >= 4 is 22.8 Å². The van der Waals surface area contributed by atoms with Crippen LogP contribution in [0, 0.1) is 11.6 Å². The number of nitrogens with zero attached hydrogens (tertiary/aromatic N) is 1. The molecule has 0 unspecified atom stereocenters. The highest BCUT2D eigenvalue weighted by atomic mass is 19.4. The number of pyridine rings is 1. The largest absolute Gasteiger partial charge is 0.450 e. The molecule has 8 nitrogen and oxygen atoms in total. The molecule has 3 heterocycles. The number of anilines is 1. The lowest BCUT2D eigenvalue weighted by atomic mass is 10.0.